The Labute approximate surface area is 725 Å². The number of carbonyl (C=O) groups is 4. The van der Waals surface area contributed by atoms with Crippen LogP contribution in [0, 0.1) is 47.9 Å². The number of anilines is 13. The topological polar surface area (TPSA) is 347 Å². The first kappa shape index (κ1) is 126. The summed E-state index contributed by atoms with van der Waals surface area (Å²) in [6.45, 7) is 19.8. The number of carbonyl (C=O) groups excluding carboxylic acids is 3. The number of nitrogens with one attached hydrogen (secondary N) is 2. The third-order valence-corrected chi connectivity index (χ3v) is 16.6. The molecule has 11 N–H and O–H groups in total. The second kappa shape index (κ2) is 65.3. The number of nitrogens with two attached hydrogens (primary N) is 3. The molecule has 0 radical (unpaired) electrons. The number of aliphatic hydroxyl groups excluding tert-OH is 2. The van der Waals surface area contributed by atoms with E-state index in [2.05, 4.69) is 76.1 Å². The molecule has 8 rings (SSSR count). The molecule has 0 aliphatic carbocycles. The molecule has 0 unspecified atom stereocenters. The minimum absolute atomic E-state index is 0. The van der Waals surface area contributed by atoms with Gasteiger partial charge in [-0.25, -0.2) is 0 Å². The summed E-state index contributed by atoms with van der Waals surface area (Å²) in [6, 6.07) is 44.9. The SMILES string of the molecule is C.C.C.C.C.C.C.CC(=O)N(C)c1ccc(N(C)C)c(CO)c1.CC(=O)O.CCc1cc(N(C)C(C)=O)ccc1N(C)C.CCc1cc(N)ccc1N(C)C.CCc1cc(NC(C)=O)ccc1N(C)C.CN(C)c1ccc(N)cc1CO.CNC.Cc1cc(N)ccc1N(C)C.Cc1cc([N+](=O)[O-])ccc1N(C)C.Cc1ccc([N+](=O)[O-])cc1C. The fraction of sp³-hybridized carbons (Fsp3) is 0.441. The molecule has 0 aliphatic heterocycles. The van der Waals surface area contributed by atoms with Crippen molar-refractivity contribution < 1.29 is 44.3 Å². The van der Waals surface area contributed by atoms with Crippen molar-refractivity contribution in [3.63, 3.8) is 0 Å². The van der Waals surface area contributed by atoms with E-state index in [1.165, 1.54) is 71.0 Å². The molecule has 0 saturated carbocycles. The number of carboxylic acids is 1. The Morgan fingerprint density at radius 1 is 0.358 bits per heavy atom. The van der Waals surface area contributed by atoms with E-state index in [0.29, 0.717) is 5.69 Å². The van der Waals surface area contributed by atoms with Gasteiger partial charge < -0.3 is 87.3 Å². The predicted molar refractivity (Wildman–Crippen MR) is 525 cm³/mol. The van der Waals surface area contributed by atoms with Crippen LogP contribution in [0.3, 0.4) is 0 Å². The molecule has 0 saturated heterocycles. The fourth-order valence-electron chi connectivity index (χ4n) is 10.6. The van der Waals surface area contributed by atoms with E-state index in [4.69, 9.17) is 32.2 Å². The largest absolute Gasteiger partial charge is 0.481 e. The Kier molecular flexibility index (Phi) is 68.8. The number of aliphatic carboxylic acids is 1. The zero-order valence-electron chi connectivity index (χ0n) is 72.7. The van der Waals surface area contributed by atoms with Crippen LogP contribution in [0.25, 0.3) is 0 Å². The standard InChI is InChI=1S/C13H20N2O.C12H18N2O2.C12H18N2O.C10H16N2.C9H12N2O2.C9H14N2O.C9H14N2.C8H9NO2.C2H7N.C2H4O2.7CH4/c1-6-11-9-12(15(5)10(2)16)7-8-13(11)14(3)4;1-9(16)14(4)11-5-6-12(13(2)3)10(7-11)8-15;1-5-10-8-11(13-9(2)15)6-7-12(10)14(3)4;1-4-8-7-9(11)5-6-10(8)12(2)3;1-7-6-8(11(12)13)4-5-9(7)10(2)3;1-11(2)9-4-3-8(10)5-7(9)6-12;1-7-6-8(10)4-5-9(7)11(2)3;1-6-3-4-8(9(10)11)5-7(6)2;1-3-2;1-2(3)4;;;;;;;/h7-9H,6H2,1-5H3;5-7,15H,8H2,1-4H3;6-8H,5H2,1-4H3,(H,13,15);5-7H,4,11H2,1-3H3;4-6H,1-3H3;3-5,12H,6,10H2,1-2H3;4-6H,10H2,1-3H3;3-5H,1-2H3;3H,1-2H3;1H3,(H,3,4);7*1H4. The van der Waals surface area contributed by atoms with Crippen LogP contribution in [0.2, 0.25) is 0 Å². The van der Waals surface area contributed by atoms with E-state index in [0.717, 1.165) is 99.5 Å². The molecule has 0 aliphatic rings. The summed E-state index contributed by atoms with van der Waals surface area (Å²) in [7, 11) is 35.0. The zero-order chi connectivity index (χ0) is 87.4. The number of hydrogen-bond acceptors (Lipinski definition) is 21. The smallest absolute Gasteiger partial charge is 0.300 e. The number of nitro benzene ring substituents is 2. The van der Waals surface area contributed by atoms with Gasteiger partial charge in [-0.05, 0) is 215 Å². The lowest BCUT2D eigenvalue weighted by Crippen LogP contribution is -2.23. The van der Waals surface area contributed by atoms with Crippen LogP contribution in [-0.2, 0) is 51.7 Å². The number of non-ortho nitro benzene ring substituents is 2. The lowest BCUT2D eigenvalue weighted by molar-refractivity contribution is -0.385. The number of aryl methyl sites for hydroxylation is 7. The van der Waals surface area contributed by atoms with E-state index >= 15 is 0 Å². The molecule has 0 spiro atoms. The maximum Gasteiger partial charge on any atom is 0.300 e. The summed E-state index contributed by atoms with van der Waals surface area (Å²) in [5.41, 5.74) is 39.7. The Balaban J connectivity index is -0.000000165. The molecule has 678 valence electrons. The lowest BCUT2D eigenvalue weighted by atomic mass is 10.1. The quantitative estimate of drug-likeness (QED) is 0.0238. The number of benzene rings is 8. The van der Waals surface area contributed by atoms with Crippen molar-refractivity contribution in [1.82, 2.24) is 5.32 Å². The Morgan fingerprint density at radius 2 is 0.608 bits per heavy atom. The highest BCUT2D eigenvalue weighted by molar-refractivity contribution is 5.92. The van der Waals surface area contributed by atoms with Gasteiger partial charge in [0.2, 0.25) is 17.7 Å². The van der Waals surface area contributed by atoms with Gasteiger partial charge in [0, 0.05) is 250 Å². The summed E-state index contributed by atoms with van der Waals surface area (Å²) in [4.78, 5) is 79.7. The average Bonchev–Trinajstić information content (AvgIpc) is 0.841. The molecule has 0 aromatic heterocycles. The van der Waals surface area contributed by atoms with E-state index in [1.54, 1.807) is 61.2 Å². The van der Waals surface area contributed by atoms with E-state index < -0.39 is 5.97 Å². The molecule has 120 heavy (non-hydrogen) atoms. The Hall–Kier alpha value is -11.7. The Morgan fingerprint density at radius 3 is 0.900 bits per heavy atom. The summed E-state index contributed by atoms with van der Waals surface area (Å²) < 4.78 is 0. The van der Waals surface area contributed by atoms with Gasteiger partial charge >= 0.3 is 0 Å². The van der Waals surface area contributed by atoms with E-state index in [1.807, 2.05) is 233 Å². The minimum atomic E-state index is -0.833. The number of nitrogen functional groups attached to an aromatic ring is 3. The predicted octanol–water partition coefficient (Wildman–Crippen LogP) is 18.7. The number of aliphatic hydroxyl groups is 2. The van der Waals surface area contributed by atoms with Gasteiger partial charge in [-0.1, -0.05) is 78.8 Å². The van der Waals surface area contributed by atoms with Crippen LogP contribution in [0.1, 0.15) is 151 Å². The number of amides is 3. The summed E-state index contributed by atoms with van der Waals surface area (Å²) in [5.74, 6) is -0.837. The fourth-order valence-corrected chi connectivity index (χ4v) is 10.6. The molecule has 0 atom stereocenters. The van der Waals surface area contributed by atoms with E-state index in [-0.39, 0.29) is 104 Å². The first-order valence-corrected chi connectivity index (χ1v) is 36.6. The molecule has 8 aromatic rings. The summed E-state index contributed by atoms with van der Waals surface area (Å²) in [5, 5.41) is 51.9. The molecule has 3 amide bonds. The highest BCUT2D eigenvalue weighted by Crippen LogP contribution is 2.29. The highest BCUT2D eigenvalue weighted by Gasteiger charge is 2.14. The molecule has 0 heterocycles. The first-order valence-electron chi connectivity index (χ1n) is 36.6. The van der Waals surface area contributed by atoms with Gasteiger partial charge in [0.1, 0.15) is 0 Å². The normalized spacial score (nSPS) is 9.09. The molecular formula is C93H160N16O11. The van der Waals surface area contributed by atoms with Crippen molar-refractivity contribution in [2.24, 2.45) is 0 Å². The van der Waals surface area contributed by atoms with Crippen molar-refractivity contribution in [3.05, 3.63) is 216 Å². The second-order valence-corrected chi connectivity index (χ2v) is 27.5. The third kappa shape index (κ3) is 47.1. The maximum absolute atomic E-state index is 11.3. The van der Waals surface area contributed by atoms with E-state index in [9.17, 15) is 39.7 Å². The van der Waals surface area contributed by atoms with Crippen LogP contribution in [-0.4, -0.2) is 176 Å². The van der Waals surface area contributed by atoms with Gasteiger partial charge in [0.05, 0.1) is 23.1 Å². The third-order valence-electron chi connectivity index (χ3n) is 16.6. The van der Waals surface area contributed by atoms with Gasteiger partial charge in [-0.2, -0.15) is 0 Å². The number of carboxylic acid groups (broad SMARTS) is 1. The highest BCUT2D eigenvalue weighted by atomic mass is 16.6. The lowest BCUT2D eigenvalue weighted by Gasteiger charge is -2.21. The minimum Gasteiger partial charge on any atom is -0.481 e. The molecule has 27 nitrogen and oxygen atoms in total. The van der Waals surface area contributed by atoms with Crippen molar-refractivity contribution in [3.8, 4) is 0 Å². The van der Waals surface area contributed by atoms with Crippen LogP contribution < -0.4 is 71.9 Å². The van der Waals surface area contributed by atoms with Crippen LogP contribution in [0.15, 0.2) is 146 Å². The second-order valence-electron chi connectivity index (χ2n) is 27.5. The van der Waals surface area contributed by atoms with Gasteiger partial charge in [-0.15, -0.1) is 0 Å². The number of rotatable bonds is 17. The molecular weight excluding hydrogens is 1520 g/mol. The van der Waals surface area contributed by atoms with Gasteiger partial charge in [-0.3, -0.25) is 39.4 Å². The monoisotopic (exact) mass is 1680 g/mol. The number of nitro groups is 2. The van der Waals surface area contributed by atoms with Crippen molar-refractivity contribution >= 4 is 109 Å². The average molecular weight is 1680 g/mol. The summed E-state index contributed by atoms with van der Waals surface area (Å²) in [6.07, 6.45) is 2.95. The molecule has 27 heteroatoms. The zero-order valence-corrected chi connectivity index (χ0v) is 72.7. The molecule has 0 bridgehead atoms. The Bertz CT molecular complexity index is 4120. The van der Waals surface area contributed by atoms with Gasteiger partial charge in [0.15, 0.2) is 0 Å². The van der Waals surface area contributed by atoms with Gasteiger partial charge in [0.25, 0.3) is 17.3 Å². The number of nitrogens with zero attached hydrogens (tertiary/aromatic N) is 11. The first-order chi connectivity index (χ1) is 52.7. The molecule has 0 fully saturated rings. The van der Waals surface area contributed by atoms with Crippen molar-refractivity contribution in [1.29, 1.82) is 0 Å². The molecule has 8 aromatic carbocycles. The van der Waals surface area contributed by atoms with Crippen molar-refractivity contribution in [2.45, 2.75) is 161 Å². The maximum atomic E-state index is 11.3. The van der Waals surface area contributed by atoms with Crippen LogP contribution >= 0.6 is 0 Å². The summed E-state index contributed by atoms with van der Waals surface area (Å²) >= 11 is 0. The van der Waals surface area contributed by atoms with Crippen LogP contribution in [0.4, 0.5) is 85.3 Å². The van der Waals surface area contributed by atoms with Crippen molar-refractivity contribution in [2.75, 3.05) is 193 Å². The van der Waals surface area contributed by atoms with Crippen LogP contribution in [0.5, 0.6) is 0 Å². The number of hydrogen-bond donors (Lipinski definition) is 8.